The van der Waals surface area contributed by atoms with Crippen LogP contribution in [0, 0.1) is 23.7 Å². The topological polar surface area (TPSA) is 38.7 Å². The fraction of sp³-hybridized carbons (Fsp3) is 0.571. The Morgan fingerprint density at radius 3 is 3.00 bits per heavy atom. The van der Waals surface area contributed by atoms with E-state index in [0.717, 1.165) is 19.3 Å². The third-order valence-electron chi connectivity index (χ3n) is 2.96. The number of rotatable bonds is 0. The van der Waals surface area contributed by atoms with E-state index in [0.29, 0.717) is 18.8 Å². The zero-order chi connectivity index (χ0) is 12.1. The maximum Gasteiger partial charge on any atom is 0.236 e. The first kappa shape index (κ1) is 12.0. The molecule has 2 heterocycles. The van der Waals surface area contributed by atoms with E-state index in [1.54, 1.807) is 13.0 Å². The highest BCUT2D eigenvalue weighted by atomic mass is 16.7. The second-order valence-corrected chi connectivity index (χ2v) is 4.19. The molecule has 2 atom stereocenters. The molecule has 2 saturated heterocycles. The quantitative estimate of drug-likeness (QED) is 0.644. The minimum absolute atomic E-state index is 0.467. The van der Waals surface area contributed by atoms with Crippen molar-refractivity contribution in [3.63, 3.8) is 0 Å². The van der Waals surface area contributed by atoms with E-state index < -0.39 is 11.9 Å². The van der Waals surface area contributed by atoms with Crippen LogP contribution in [0.3, 0.4) is 0 Å². The molecule has 0 amide bonds. The second kappa shape index (κ2) is 5.27. The number of aliphatic hydroxyl groups is 1. The summed E-state index contributed by atoms with van der Waals surface area (Å²) in [6.45, 7) is 2.39. The Bertz CT molecular complexity index is 422. The molecule has 17 heavy (non-hydrogen) atoms. The van der Waals surface area contributed by atoms with Gasteiger partial charge in [-0.15, -0.1) is 0 Å². The van der Waals surface area contributed by atoms with Gasteiger partial charge in [0.15, 0.2) is 0 Å². The van der Waals surface area contributed by atoms with Crippen LogP contribution < -0.4 is 0 Å². The predicted octanol–water partition coefficient (Wildman–Crippen LogP) is 1.57. The zero-order valence-corrected chi connectivity index (χ0v) is 9.95. The molecule has 0 radical (unpaired) electrons. The number of ether oxygens (including phenoxy) is 2. The Morgan fingerprint density at radius 1 is 1.41 bits per heavy atom. The van der Waals surface area contributed by atoms with Gasteiger partial charge in [0.2, 0.25) is 5.79 Å². The zero-order valence-electron chi connectivity index (χ0n) is 9.95. The largest absolute Gasteiger partial charge is 0.463 e. The van der Waals surface area contributed by atoms with Gasteiger partial charge in [-0.1, -0.05) is 11.8 Å². The summed E-state index contributed by atoms with van der Waals surface area (Å²) in [5.74, 6) is 10.7. The van der Waals surface area contributed by atoms with E-state index in [9.17, 15) is 5.11 Å². The van der Waals surface area contributed by atoms with Crippen LogP contribution in [0.25, 0.3) is 0 Å². The van der Waals surface area contributed by atoms with Crippen LogP contribution in [0.4, 0.5) is 0 Å². The molecule has 2 aliphatic heterocycles. The standard InChI is InChI=1S/C14H16O3/c1-2-3-4-5-8-12-11-13(15)14(17-12)9-6-7-10-16-14/h8,13,15H,6-7,9-11H2,1H3/b12-8+/t13-,14-/m1/s1. The first-order valence-corrected chi connectivity index (χ1v) is 5.89. The highest BCUT2D eigenvalue weighted by Gasteiger charge is 2.48. The Morgan fingerprint density at radius 2 is 2.29 bits per heavy atom. The molecule has 2 rings (SSSR count). The Hall–Kier alpha value is -1.42. The first-order chi connectivity index (χ1) is 8.27. The summed E-state index contributed by atoms with van der Waals surface area (Å²) in [5, 5.41) is 10.0. The monoisotopic (exact) mass is 232 g/mol. The summed E-state index contributed by atoms with van der Waals surface area (Å²) in [4.78, 5) is 0. The fourth-order valence-electron chi connectivity index (χ4n) is 2.12. The van der Waals surface area contributed by atoms with Crippen LogP contribution in [0.5, 0.6) is 0 Å². The number of hydrogen-bond donors (Lipinski definition) is 1. The molecule has 0 aromatic heterocycles. The van der Waals surface area contributed by atoms with Gasteiger partial charge in [-0.05, 0) is 31.6 Å². The molecular formula is C14H16O3. The smallest absolute Gasteiger partial charge is 0.236 e. The minimum atomic E-state index is -0.817. The van der Waals surface area contributed by atoms with Crippen LogP contribution in [-0.4, -0.2) is 23.6 Å². The van der Waals surface area contributed by atoms with Crippen LogP contribution in [-0.2, 0) is 9.47 Å². The molecule has 1 N–H and O–H groups in total. The molecule has 3 heteroatoms. The van der Waals surface area contributed by atoms with Gasteiger partial charge in [0.1, 0.15) is 11.9 Å². The van der Waals surface area contributed by atoms with Gasteiger partial charge in [-0.25, -0.2) is 0 Å². The van der Waals surface area contributed by atoms with Crippen LogP contribution in [0.2, 0.25) is 0 Å². The van der Waals surface area contributed by atoms with Crippen LogP contribution in [0.15, 0.2) is 11.8 Å². The summed E-state index contributed by atoms with van der Waals surface area (Å²) < 4.78 is 11.3. The molecule has 0 saturated carbocycles. The van der Waals surface area contributed by atoms with Gasteiger partial charge in [0.25, 0.3) is 0 Å². The predicted molar refractivity (Wildman–Crippen MR) is 63.6 cm³/mol. The highest BCUT2D eigenvalue weighted by Crippen LogP contribution is 2.40. The first-order valence-electron chi connectivity index (χ1n) is 5.89. The van der Waals surface area contributed by atoms with Gasteiger partial charge < -0.3 is 14.6 Å². The van der Waals surface area contributed by atoms with E-state index in [4.69, 9.17) is 9.47 Å². The normalized spacial score (nSPS) is 33.5. The van der Waals surface area contributed by atoms with Gasteiger partial charge >= 0.3 is 0 Å². The molecule has 0 aliphatic carbocycles. The SMILES string of the molecule is CC#CC#C/C=C1\C[C@@H](O)[C@@]2(CCCCO2)O1. The third-order valence-corrected chi connectivity index (χ3v) is 2.96. The van der Waals surface area contributed by atoms with Crippen molar-refractivity contribution in [3.8, 4) is 23.7 Å². The van der Waals surface area contributed by atoms with Gasteiger partial charge in [-0.3, -0.25) is 0 Å². The lowest BCUT2D eigenvalue weighted by atomic mass is 10.00. The van der Waals surface area contributed by atoms with Crippen molar-refractivity contribution in [1.82, 2.24) is 0 Å². The van der Waals surface area contributed by atoms with Crippen molar-refractivity contribution in [3.05, 3.63) is 11.8 Å². The van der Waals surface area contributed by atoms with Crippen molar-refractivity contribution in [2.75, 3.05) is 6.61 Å². The van der Waals surface area contributed by atoms with Gasteiger partial charge in [-0.2, -0.15) is 0 Å². The van der Waals surface area contributed by atoms with E-state index in [-0.39, 0.29) is 0 Å². The van der Waals surface area contributed by atoms with Crippen molar-refractivity contribution < 1.29 is 14.6 Å². The number of hydrogen-bond acceptors (Lipinski definition) is 3. The summed E-state index contributed by atoms with van der Waals surface area (Å²) >= 11 is 0. The van der Waals surface area contributed by atoms with E-state index in [1.165, 1.54) is 0 Å². The molecule has 0 bridgehead atoms. The molecule has 0 aromatic rings. The molecule has 0 unspecified atom stereocenters. The molecule has 90 valence electrons. The number of allylic oxidation sites excluding steroid dienone is 1. The Kier molecular flexibility index (Phi) is 3.74. The lowest BCUT2D eigenvalue weighted by molar-refractivity contribution is -0.253. The van der Waals surface area contributed by atoms with Crippen molar-refractivity contribution in [2.24, 2.45) is 0 Å². The molecule has 2 aliphatic rings. The summed E-state index contributed by atoms with van der Waals surface area (Å²) in [6.07, 6.45) is 4.34. The van der Waals surface area contributed by atoms with Gasteiger partial charge in [0, 0.05) is 18.9 Å². The average Bonchev–Trinajstić information content (AvgIpc) is 2.63. The fourth-order valence-corrected chi connectivity index (χ4v) is 2.12. The lowest BCUT2D eigenvalue weighted by Crippen LogP contribution is -2.44. The maximum atomic E-state index is 10.0. The summed E-state index contributed by atoms with van der Waals surface area (Å²) in [5.41, 5.74) is 0. The summed E-state index contributed by atoms with van der Waals surface area (Å²) in [7, 11) is 0. The van der Waals surface area contributed by atoms with Crippen molar-refractivity contribution >= 4 is 0 Å². The Labute approximate surface area is 102 Å². The minimum Gasteiger partial charge on any atom is -0.463 e. The summed E-state index contributed by atoms with van der Waals surface area (Å²) in [6, 6.07) is 0. The van der Waals surface area contributed by atoms with E-state index >= 15 is 0 Å². The molecule has 3 nitrogen and oxygen atoms in total. The lowest BCUT2D eigenvalue weighted by Gasteiger charge is -2.34. The van der Waals surface area contributed by atoms with Crippen LogP contribution in [0.1, 0.15) is 32.6 Å². The number of aliphatic hydroxyl groups excluding tert-OH is 1. The second-order valence-electron chi connectivity index (χ2n) is 4.19. The third kappa shape index (κ3) is 2.64. The Balaban J connectivity index is 2.05. The highest BCUT2D eigenvalue weighted by molar-refractivity contribution is 5.31. The van der Waals surface area contributed by atoms with Gasteiger partial charge in [0.05, 0.1) is 6.61 Å². The maximum absolute atomic E-state index is 10.0. The molecule has 0 aromatic carbocycles. The molecule has 1 spiro atoms. The van der Waals surface area contributed by atoms with Crippen LogP contribution >= 0.6 is 0 Å². The van der Waals surface area contributed by atoms with Crippen molar-refractivity contribution in [2.45, 2.75) is 44.5 Å². The van der Waals surface area contributed by atoms with E-state index in [1.807, 2.05) is 0 Å². The molecule has 2 fully saturated rings. The molecular weight excluding hydrogens is 216 g/mol. The van der Waals surface area contributed by atoms with E-state index in [2.05, 4.69) is 23.7 Å². The van der Waals surface area contributed by atoms with Crippen molar-refractivity contribution in [1.29, 1.82) is 0 Å². The average molecular weight is 232 g/mol.